The fourth-order valence-electron chi connectivity index (χ4n) is 7.62. The van der Waals surface area contributed by atoms with Crippen molar-refractivity contribution in [3.63, 3.8) is 0 Å². The minimum atomic E-state index is -4.03. The molecule has 0 fully saturated rings. The molecular formula is C44H27F4N5OPt. The molecule has 10 rings (SSSR count). The number of fused-ring (bicyclic) bond motifs is 7. The minimum absolute atomic E-state index is 0. The minimum Gasteiger partial charge on any atom is -0.502 e. The Morgan fingerprint density at radius 3 is 2.25 bits per heavy atom. The SMILES string of the molecule is Cc1cnc(-n2c3[c-]c(Oc4[c-]c(-c5cc6ccccc6cn5)cc5c4C(F)(F)C(c4ccccc4)C5(F)F)ccc3n3c4ccccc4nc23)cc1C.[Pt+2]. The van der Waals surface area contributed by atoms with Gasteiger partial charge in [0.1, 0.15) is 11.7 Å². The number of halogens is 4. The number of benzene rings is 5. The van der Waals surface area contributed by atoms with Crippen LogP contribution in [0.5, 0.6) is 11.5 Å². The first-order chi connectivity index (χ1) is 26.1. The van der Waals surface area contributed by atoms with E-state index in [9.17, 15) is 0 Å². The van der Waals surface area contributed by atoms with Crippen LogP contribution in [0.2, 0.25) is 0 Å². The summed E-state index contributed by atoms with van der Waals surface area (Å²) in [4.78, 5) is 14.1. The smallest absolute Gasteiger partial charge is 0.502 e. The molecule has 0 saturated heterocycles. The molecule has 1 aliphatic rings. The Morgan fingerprint density at radius 2 is 1.45 bits per heavy atom. The van der Waals surface area contributed by atoms with Crippen molar-refractivity contribution in [2.75, 3.05) is 0 Å². The molecular weight excluding hydrogens is 886 g/mol. The molecule has 0 spiro atoms. The van der Waals surface area contributed by atoms with Gasteiger partial charge in [0, 0.05) is 18.1 Å². The molecule has 1 atom stereocenters. The molecule has 6 nitrogen and oxygen atoms in total. The summed E-state index contributed by atoms with van der Waals surface area (Å²) in [5, 5.41) is 1.64. The van der Waals surface area contributed by atoms with E-state index < -0.39 is 34.6 Å². The molecule has 0 aliphatic heterocycles. The van der Waals surface area contributed by atoms with Crippen molar-refractivity contribution in [2.45, 2.75) is 31.6 Å². The van der Waals surface area contributed by atoms with Crippen molar-refractivity contribution in [2.24, 2.45) is 0 Å². The second-order valence-corrected chi connectivity index (χ2v) is 13.7. The van der Waals surface area contributed by atoms with Crippen LogP contribution in [0.15, 0.2) is 122 Å². The molecule has 272 valence electrons. The van der Waals surface area contributed by atoms with E-state index in [1.165, 1.54) is 24.3 Å². The van der Waals surface area contributed by atoms with Crippen molar-refractivity contribution < 1.29 is 43.4 Å². The Kier molecular flexibility index (Phi) is 7.99. The average Bonchev–Trinajstić information content (AvgIpc) is 3.75. The van der Waals surface area contributed by atoms with Crippen LogP contribution >= 0.6 is 0 Å². The van der Waals surface area contributed by atoms with E-state index in [0.717, 1.165) is 39.0 Å². The van der Waals surface area contributed by atoms with Crippen molar-refractivity contribution in [3.8, 4) is 28.6 Å². The number of nitrogens with zero attached hydrogens (tertiary/aromatic N) is 5. The van der Waals surface area contributed by atoms with Crippen LogP contribution in [0, 0.1) is 26.0 Å². The van der Waals surface area contributed by atoms with Crippen molar-refractivity contribution in [1.82, 2.24) is 23.9 Å². The maximum atomic E-state index is 16.7. The molecule has 4 aromatic heterocycles. The van der Waals surface area contributed by atoms with Crippen LogP contribution in [0.25, 0.3) is 55.7 Å². The zero-order valence-corrected chi connectivity index (χ0v) is 31.4. The number of aromatic nitrogens is 5. The summed E-state index contributed by atoms with van der Waals surface area (Å²) in [6.07, 6.45) is 3.38. The Labute approximate surface area is 326 Å². The monoisotopic (exact) mass is 912 g/mol. The van der Waals surface area contributed by atoms with E-state index >= 15 is 17.6 Å². The van der Waals surface area contributed by atoms with Gasteiger partial charge in [0.25, 0.3) is 11.8 Å². The van der Waals surface area contributed by atoms with E-state index in [1.54, 1.807) is 36.7 Å². The topological polar surface area (TPSA) is 57.2 Å². The van der Waals surface area contributed by atoms with Crippen molar-refractivity contribution in [1.29, 1.82) is 0 Å². The van der Waals surface area contributed by atoms with Gasteiger partial charge in [0.2, 0.25) is 5.78 Å². The van der Waals surface area contributed by atoms with Gasteiger partial charge in [-0.05, 0) is 87.4 Å². The maximum Gasteiger partial charge on any atom is 2.00 e. The summed E-state index contributed by atoms with van der Waals surface area (Å²) >= 11 is 0. The molecule has 9 aromatic rings. The molecule has 11 heteroatoms. The third kappa shape index (κ3) is 5.29. The molecule has 5 aromatic carbocycles. The zero-order valence-electron chi connectivity index (χ0n) is 29.1. The molecule has 0 N–H and O–H groups in total. The number of ether oxygens (including phenoxy) is 1. The standard InChI is InChI=1S/C44H27F4N5O.Pt/c1-25-18-39(50-23-26(25)2)53-37-22-31(16-17-36(37)52-35-15-9-8-14-33(35)51-42(52)53)54-38-21-30(34-20-28-12-6-7-13-29(28)24-49-34)19-32-40(38)44(47,48)41(43(32,45)46)27-10-4-3-5-11-27;/h3-20,23-24,41H,1-2H3;/q-2;+2. The summed E-state index contributed by atoms with van der Waals surface area (Å²) < 4.78 is 76.6. The van der Waals surface area contributed by atoms with Crippen molar-refractivity contribution >= 4 is 38.6 Å². The van der Waals surface area contributed by atoms with Gasteiger partial charge >= 0.3 is 21.1 Å². The van der Waals surface area contributed by atoms with Crippen LogP contribution in [0.1, 0.15) is 33.7 Å². The number of aryl methyl sites for hydroxylation is 2. The van der Waals surface area contributed by atoms with Gasteiger partial charge in [-0.1, -0.05) is 78.9 Å². The summed E-state index contributed by atoms with van der Waals surface area (Å²) in [6, 6.07) is 36.6. The summed E-state index contributed by atoms with van der Waals surface area (Å²) in [6.45, 7) is 3.95. The first-order valence-electron chi connectivity index (χ1n) is 17.3. The summed E-state index contributed by atoms with van der Waals surface area (Å²) in [5.41, 5.74) is 3.25. The van der Waals surface area contributed by atoms with Crippen LogP contribution in [0.4, 0.5) is 17.6 Å². The van der Waals surface area contributed by atoms with Gasteiger partial charge < -0.3 is 14.1 Å². The van der Waals surface area contributed by atoms with E-state index in [4.69, 9.17) is 14.7 Å². The van der Waals surface area contributed by atoms with Crippen molar-refractivity contribution in [3.05, 3.63) is 162 Å². The second-order valence-electron chi connectivity index (χ2n) is 13.7. The molecule has 0 bridgehead atoms. The Hall–Kier alpha value is -5.86. The van der Waals surface area contributed by atoms with Gasteiger partial charge in [-0.2, -0.15) is 0 Å². The molecule has 0 radical (unpaired) electrons. The fourth-order valence-corrected chi connectivity index (χ4v) is 7.62. The number of para-hydroxylation sites is 2. The third-order valence-electron chi connectivity index (χ3n) is 10.4. The van der Waals surface area contributed by atoms with Crippen LogP contribution in [-0.2, 0) is 32.9 Å². The van der Waals surface area contributed by atoms with Gasteiger partial charge in [0.05, 0.1) is 16.8 Å². The zero-order chi connectivity index (χ0) is 36.9. The quantitative estimate of drug-likeness (QED) is 0.128. The first-order valence-corrected chi connectivity index (χ1v) is 17.3. The van der Waals surface area contributed by atoms with E-state index in [1.807, 2.05) is 77.4 Å². The van der Waals surface area contributed by atoms with E-state index in [-0.39, 0.29) is 43.6 Å². The normalized spacial score (nSPS) is 15.8. The maximum absolute atomic E-state index is 16.7. The van der Waals surface area contributed by atoms with E-state index in [2.05, 4.69) is 17.1 Å². The summed E-state index contributed by atoms with van der Waals surface area (Å²) in [5.74, 6) is -9.87. The number of alkyl halides is 4. The largest absolute Gasteiger partial charge is 2.00 e. The summed E-state index contributed by atoms with van der Waals surface area (Å²) in [7, 11) is 0. The van der Waals surface area contributed by atoms with Crippen LogP contribution < -0.4 is 4.74 Å². The number of rotatable bonds is 5. The molecule has 1 unspecified atom stereocenters. The first kappa shape index (κ1) is 34.9. The Bertz CT molecular complexity index is 2980. The van der Waals surface area contributed by atoms with Crippen LogP contribution in [0.3, 0.4) is 0 Å². The predicted octanol–water partition coefficient (Wildman–Crippen LogP) is 11.0. The number of pyridine rings is 2. The average molecular weight is 913 g/mol. The molecule has 1 aliphatic carbocycles. The number of hydrogen-bond acceptors (Lipinski definition) is 4. The number of hydrogen-bond donors (Lipinski definition) is 0. The van der Waals surface area contributed by atoms with E-state index in [0.29, 0.717) is 22.6 Å². The number of imidazole rings is 2. The Balaban J connectivity index is 0.00000397. The fraction of sp³-hybridized carbons (Fsp3) is 0.114. The van der Waals surface area contributed by atoms with Gasteiger partial charge in [0.15, 0.2) is 0 Å². The molecule has 0 saturated carbocycles. The van der Waals surface area contributed by atoms with Gasteiger partial charge in [-0.15, -0.1) is 29.8 Å². The third-order valence-corrected chi connectivity index (χ3v) is 10.4. The second kappa shape index (κ2) is 12.6. The predicted molar refractivity (Wildman–Crippen MR) is 199 cm³/mol. The van der Waals surface area contributed by atoms with Gasteiger partial charge in [-0.25, -0.2) is 27.5 Å². The van der Waals surface area contributed by atoms with Crippen LogP contribution in [-0.4, -0.2) is 23.9 Å². The van der Waals surface area contributed by atoms with Gasteiger partial charge in [-0.3, -0.25) is 4.57 Å². The molecule has 4 heterocycles. The Morgan fingerprint density at radius 1 is 0.709 bits per heavy atom. The molecule has 0 amide bonds. The molecule has 55 heavy (non-hydrogen) atoms.